The topological polar surface area (TPSA) is 29.3 Å². The molecule has 2 aromatic heterocycles. The van der Waals surface area contributed by atoms with Gasteiger partial charge < -0.3 is 5.32 Å². The Hall–Kier alpha value is -1.33. The predicted molar refractivity (Wildman–Crippen MR) is 84.0 cm³/mol. The average Bonchev–Trinajstić information content (AvgIpc) is 2.92. The van der Waals surface area contributed by atoms with Gasteiger partial charge in [-0.25, -0.2) is 4.98 Å². The molecule has 0 aliphatic heterocycles. The maximum Gasteiger partial charge on any atom is 0.194 e. The van der Waals surface area contributed by atoms with Gasteiger partial charge in [0, 0.05) is 21.7 Å². The van der Waals surface area contributed by atoms with Crippen LogP contribution in [0.25, 0.3) is 4.96 Å². The predicted octanol–water partition coefficient (Wildman–Crippen LogP) is 4.39. The van der Waals surface area contributed by atoms with E-state index in [1.807, 2.05) is 0 Å². The molecule has 1 aromatic carbocycles. The van der Waals surface area contributed by atoms with E-state index in [1.165, 1.54) is 11.3 Å². The first-order chi connectivity index (χ1) is 9.15. The minimum atomic E-state index is 0.770. The number of benzene rings is 1. The average molecular weight is 336 g/mol. The van der Waals surface area contributed by atoms with Gasteiger partial charge in [0.05, 0.1) is 17.9 Å². The summed E-state index contributed by atoms with van der Waals surface area (Å²) in [6, 6.07) is 6.31. The Bertz CT molecular complexity index is 729. The van der Waals surface area contributed by atoms with Gasteiger partial charge >= 0.3 is 0 Å². The zero-order chi connectivity index (χ0) is 13.4. The molecule has 0 unspecified atom stereocenters. The van der Waals surface area contributed by atoms with Crippen molar-refractivity contribution in [2.75, 3.05) is 5.32 Å². The first-order valence-electron chi connectivity index (χ1n) is 6.06. The van der Waals surface area contributed by atoms with Crippen molar-refractivity contribution in [1.82, 2.24) is 9.38 Å². The number of nitrogens with one attached hydrogen (secondary N) is 1. The van der Waals surface area contributed by atoms with Gasteiger partial charge in [-0.15, -0.1) is 11.3 Å². The Balaban J connectivity index is 1.87. The fourth-order valence-electron chi connectivity index (χ4n) is 2.11. The van der Waals surface area contributed by atoms with Crippen molar-refractivity contribution in [3.05, 3.63) is 51.2 Å². The van der Waals surface area contributed by atoms with Gasteiger partial charge in [-0.2, -0.15) is 0 Å². The SMILES string of the molecule is Cc1ccc(Br)c(NCc2c(C)nc3sccn23)c1. The molecule has 5 heteroatoms. The lowest BCUT2D eigenvalue weighted by atomic mass is 10.2. The van der Waals surface area contributed by atoms with Crippen LogP contribution in [0.1, 0.15) is 17.0 Å². The molecule has 0 spiro atoms. The minimum Gasteiger partial charge on any atom is -0.378 e. The van der Waals surface area contributed by atoms with Crippen LogP contribution in [0.15, 0.2) is 34.2 Å². The molecular formula is C14H14BrN3S. The minimum absolute atomic E-state index is 0.770. The van der Waals surface area contributed by atoms with Crippen molar-refractivity contribution in [3.8, 4) is 0 Å². The van der Waals surface area contributed by atoms with Crippen LogP contribution in [0.3, 0.4) is 0 Å². The number of nitrogens with zero attached hydrogens (tertiary/aromatic N) is 2. The first-order valence-corrected chi connectivity index (χ1v) is 7.73. The van der Waals surface area contributed by atoms with Gasteiger partial charge in [-0.05, 0) is 47.5 Å². The molecule has 2 heterocycles. The largest absolute Gasteiger partial charge is 0.378 e. The summed E-state index contributed by atoms with van der Waals surface area (Å²) in [7, 11) is 0. The number of hydrogen-bond donors (Lipinski definition) is 1. The molecule has 0 fully saturated rings. The lowest BCUT2D eigenvalue weighted by molar-refractivity contribution is 0.993. The molecule has 3 aromatic rings. The lowest BCUT2D eigenvalue weighted by Gasteiger charge is -2.09. The fraction of sp³-hybridized carbons (Fsp3) is 0.214. The summed E-state index contributed by atoms with van der Waals surface area (Å²) in [4.78, 5) is 5.61. The van der Waals surface area contributed by atoms with E-state index in [1.54, 1.807) is 11.3 Å². The molecule has 0 bridgehead atoms. The highest BCUT2D eigenvalue weighted by Gasteiger charge is 2.09. The van der Waals surface area contributed by atoms with E-state index in [0.717, 1.165) is 27.4 Å². The molecule has 0 amide bonds. The van der Waals surface area contributed by atoms with Gasteiger partial charge in [0.1, 0.15) is 0 Å². The Morgan fingerprint density at radius 2 is 2.21 bits per heavy atom. The van der Waals surface area contributed by atoms with E-state index >= 15 is 0 Å². The lowest BCUT2D eigenvalue weighted by Crippen LogP contribution is -2.04. The van der Waals surface area contributed by atoms with Gasteiger partial charge in [0.15, 0.2) is 4.96 Å². The number of rotatable bonds is 3. The van der Waals surface area contributed by atoms with Gasteiger partial charge in [0.2, 0.25) is 0 Å². The highest BCUT2D eigenvalue weighted by atomic mass is 79.9. The zero-order valence-corrected chi connectivity index (χ0v) is 13.2. The van der Waals surface area contributed by atoms with Crippen molar-refractivity contribution in [3.63, 3.8) is 0 Å². The van der Waals surface area contributed by atoms with E-state index in [4.69, 9.17) is 0 Å². The second-order valence-corrected chi connectivity index (χ2v) is 6.26. The molecular weight excluding hydrogens is 322 g/mol. The number of aryl methyl sites for hydroxylation is 2. The molecule has 3 rings (SSSR count). The van der Waals surface area contributed by atoms with Gasteiger partial charge in [0.25, 0.3) is 0 Å². The van der Waals surface area contributed by atoms with Crippen LogP contribution in [0.4, 0.5) is 5.69 Å². The molecule has 3 nitrogen and oxygen atoms in total. The van der Waals surface area contributed by atoms with E-state index < -0.39 is 0 Å². The molecule has 0 radical (unpaired) electrons. The standard InChI is InChI=1S/C14H14BrN3S/c1-9-3-4-11(15)12(7-9)16-8-13-10(2)17-14-18(13)5-6-19-14/h3-7,16H,8H2,1-2H3. The van der Waals surface area contributed by atoms with Crippen molar-refractivity contribution < 1.29 is 0 Å². The molecule has 98 valence electrons. The van der Waals surface area contributed by atoms with Crippen LogP contribution in [-0.2, 0) is 6.54 Å². The number of anilines is 1. The van der Waals surface area contributed by atoms with Crippen LogP contribution in [0.5, 0.6) is 0 Å². The van der Waals surface area contributed by atoms with E-state index in [2.05, 4.69) is 74.3 Å². The number of hydrogen-bond acceptors (Lipinski definition) is 3. The molecule has 1 N–H and O–H groups in total. The molecule has 0 saturated carbocycles. The highest BCUT2D eigenvalue weighted by molar-refractivity contribution is 9.10. The highest BCUT2D eigenvalue weighted by Crippen LogP contribution is 2.25. The summed E-state index contributed by atoms with van der Waals surface area (Å²) in [5.41, 5.74) is 4.66. The van der Waals surface area contributed by atoms with Crippen LogP contribution >= 0.6 is 27.3 Å². The third kappa shape index (κ3) is 2.40. The van der Waals surface area contributed by atoms with Crippen molar-refractivity contribution in [1.29, 1.82) is 0 Å². The van der Waals surface area contributed by atoms with E-state index in [0.29, 0.717) is 0 Å². The van der Waals surface area contributed by atoms with Crippen molar-refractivity contribution >= 4 is 37.9 Å². The number of halogens is 1. The summed E-state index contributed by atoms with van der Waals surface area (Å²) < 4.78 is 3.23. The smallest absolute Gasteiger partial charge is 0.194 e. The van der Waals surface area contributed by atoms with E-state index in [-0.39, 0.29) is 0 Å². The Labute approximate surface area is 124 Å². The third-order valence-electron chi connectivity index (χ3n) is 3.13. The van der Waals surface area contributed by atoms with Crippen LogP contribution in [0.2, 0.25) is 0 Å². The first kappa shape index (κ1) is 12.7. The van der Waals surface area contributed by atoms with Crippen LogP contribution in [-0.4, -0.2) is 9.38 Å². The Morgan fingerprint density at radius 1 is 1.37 bits per heavy atom. The monoisotopic (exact) mass is 335 g/mol. The second-order valence-electron chi connectivity index (χ2n) is 4.54. The summed E-state index contributed by atoms with van der Waals surface area (Å²) in [5.74, 6) is 0. The maximum atomic E-state index is 4.56. The molecule has 0 aliphatic carbocycles. The summed E-state index contributed by atoms with van der Waals surface area (Å²) in [6.07, 6.45) is 2.07. The fourth-order valence-corrected chi connectivity index (χ4v) is 3.27. The Kier molecular flexibility index (Phi) is 3.33. The molecule has 0 atom stereocenters. The normalized spacial score (nSPS) is 11.1. The molecule has 19 heavy (non-hydrogen) atoms. The van der Waals surface area contributed by atoms with Crippen molar-refractivity contribution in [2.45, 2.75) is 20.4 Å². The second kappa shape index (κ2) is 4.98. The number of aromatic nitrogens is 2. The quantitative estimate of drug-likeness (QED) is 0.769. The van der Waals surface area contributed by atoms with E-state index in [9.17, 15) is 0 Å². The molecule has 0 saturated heterocycles. The number of fused-ring (bicyclic) bond motifs is 1. The summed E-state index contributed by atoms with van der Waals surface area (Å²) in [6.45, 7) is 4.92. The Morgan fingerprint density at radius 3 is 3.05 bits per heavy atom. The van der Waals surface area contributed by atoms with Crippen molar-refractivity contribution in [2.24, 2.45) is 0 Å². The maximum absolute atomic E-state index is 4.56. The molecule has 0 aliphatic rings. The van der Waals surface area contributed by atoms with Gasteiger partial charge in [-0.1, -0.05) is 6.07 Å². The number of imidazole rings is 1. The van der Waals surface area contributed by atoms with Crippen LogP contribution in [0, 0.1) is 13.8 Å². The third-order valence-corrected chi connectivity index (χ3v) is 4.58. The van der Waals surface area contributed by atoms with Gasteiger partial charge in [-0.3, -0.25) is 4.40 Å². The number of thiazole rings is 1. The summed E-state index contributed by atoms with van der Waals surface area (Å²) in [5, 5.41) is 5.54. The summed E-state index contributed by atoms with van der Waals surface area (Å²) >= 11 is 5.24. The van der Waals surface area contributed by atoms with Crippen LogP contribution < -0.4 is 5.32 Å². The zero-order valence-electron chi connectivity index (χ0n) is 10.8.